The topological polar surface area (TPSA) is 164 Å². The molecule has 0 aromatic carbocycles. The molecule has 0 aromatic rings. The highest BCUT2D eigenvalue weighted by atomic mass is 32.2. The third kappa shape index (κ3) is 42.3. The maximum absolute atomic E-state index is 11.1. The van der Waals surface area contributed by atoms with E-state index in [0.717, 1.165) is 25.7 Å². The lowest BCUT2D eigenvalue weighted by atomic mass is 10.1. The molecule has 0 fully saturated rings. The third-order valence-electron chi connectivity index (χ3n) is 8.67. The molecule has 0 spiro atoms. The SMILES string of the molecule is CCCCCCCCCCCCOCC(COCCOCC(COCCCCCCCCCCCC)OCCCS(=O)(=O)O)OCCCS(=O)(=O)O. The molecule has 0 saturated heterocycles. The van der Waals surface area contributed by atoms with Crippen molar-refractivity contribution >= 4 is 20.2 Å². The highest BCUT2D eigenvalue weighted by molar-refractivity contribution is 7.86. The normalized spacial score (nSPS) is 13.5. The summed E-state index contributed by atoms with van der Waals surface area (Å²) in [7, 11) is -8.09. The molecule has 0 rings (SSSR count). The highest BCUT2D eigenvalue weighted by Gasteiger charge is 2.14. The summed E-state index contributed by atoms with van der Waals surface area (Å²) < 4.78 is 97.1. The standard InChI is InChI=1S/C38H78O12S2/c1-3-5-7-9-11-13-15-17-19-21-25-45-33-37(49-27-23-31-51(39,40)41)35-47-29-30-48-36-38(50-28-24-32-52(42,43)44)34-46-26-22-20-18-16-14-12-10-8-6-4-2/h37-38H,3-36H2,1-2H3,(H,39,40,41)(H,42,43,44). The second-order valence-corrected chi connectivity index (χ2v) is 17.1. The molecule has 0 aliphatic rings. The van der Waals surface area contributed by atoms with E-state index in [4.69, 9.17) is 37.5 Å². The average molecular weight is 791 g/mol. The van der Waals surface area contributed by atoms with Crippen molar-refractivity contribution in [3.05, 3.63) is 0 Å². The van der Waals surface area contributed by atoms with E-state index in [-0.39, 0.29) is 76.2 Å². The van der Waals surface area contributed by atoms with Crippen molar-refractivity contribution in [1.82, 2.24) is 0 Å². The van der Waals surface area contributed by atoms with Gasteiger partial charge in [0.1, 0.15) is 12.2 Å². The summed E-state index contributed by atoms with van der Waals surface area (Å²) in [6.07, 6.45) is 24.5. The van der Waals surface area contributed by atoms with E-state index in [0.29, 0.717) is 26.4 Å². The van der Waals surface area contributed by atoms with Gasteiger partial charge in [-0.2, -0.15) is 16.8 Å². The van der Waals surface area contributed by atoms with Crippen LogP contribution in [0.2, 0.25) is 0 Å². The smallest absolute Gasteiger partial charge is 0.264 e. The van der Waals surface area contributed by atoms with E-state index < -0.39 is 20.2 Å². The summed E-state index contributed by atoms with van der Waals surface area (Å²) in [6, 6.07) is 0. The molecule has 0 aliphatic carbocycles. The van der Waals surface area contributed by atoms with Gasteiger partial charge in [-0.3, -0.25) is 9.11 Å². The van der Waals surface area contributed by atoms with Crippen LogP contribution < -0.4 is 0 Å². The zero-order chi connectivity index (χ0) is 38.4. The van der Waals surface area contributed by atoms with E-state index in [2.05, 4.69) is 13.8 Å². The first-order valence-corrected chi connectivity index (χ1v) is 23.7. The average Bonchev–Trinajstić information content (AvgIpc) is 3.09. The molecule has 2 atom stereocenters. The Hall–Kier alpha value is -0.420. The van der Waals surface area contributed by atoms with Gasteiger partial charge in [-0.15, -0.1) is 0 Å². The van der Waals surface area contributed by atoms with Crippen molar-refractivity contribution in [2.45, 2.75) is 167 Å². The molecule has 52 heavy (non-hydrogen) atoms. The zero-order valence-corrected chi connectivity index (χ0v) is 34.6. The Bertz CT molecular complexity index is 874. The largest absolute Gasteiger partial charge is 0.379 e. The van der Waals surface area contributed by atoms with Crippen LogP contribution in [0.4, 0.5) is 0 Å². The summed E-state index contributed by atoms with van der Waals surface area (Å²) in [4.78, 5) is 0. The lowest BCUT2D eigenvalue weighted by Crippen LogP contribution is -2.29. The fraction of sp³-hybridized carbons (Fsp3) is 1.00. The molecular weight excluding hydrogens is 713 g/mol. The lowest BCUT2D eigenvalue weighted by Gasteiger charge is -2.20. The van der Waals surface area contributed by atoms with Crippen molar-refractivity contribution in [2.75, 3.05) is 77.6 Å². The minimum atomic E-state index is -4.04. The molecule has 14 heteroatoms. The van der Waals surface area contributed by atoms with E-state index in [1.54, 1.807) is 0 Å². The molecule has 0 heterocycles. The molecule has 0 aromatic heterocycles. The van der Waals surface area contributed by atoms with Gasteiger partial charge in [0.2, 0.25) is 0 Å². The van der Waals surface area contributed by atoms with Crippen molar-refractivity contribution < 1.29 is 54.4 Å². The zero-order valence-electron chi connectivity index (χ0n) is 33.0. The summed E-state index contributed by atoms with van der Waals surface area (Å²) in [5.74, 6) is -0.730. The van der Waals surface area contributed by atoms with Crippen molar-refractivity contribution in [3.8, 4) is 0 Å². The van der Waals surface area contributed by atoms with Crippen LogP contribution in [0.5, 0.6) is 0 Å². The lowest BCUT2D eigenvalue weighted by molar-refractivity contribution is -0.0826. The summed E-state index contributed by atoms with van der Waals surface area (Å²) in [5.41, 5.74) is 0. The number of rotatable bonds is 43. The first kappa shape index (κ1) is 51.6. The minimum Gasteiger partial charge on any atom is -0.379 e. The number of ether oxygens (including phenoxy) is 6. The number of unbranched alkanes of at least 4 members (excludes halogenated alkanes) is 18. The predicted octanol–water partition coefficient (Wildman–Crippen LogP) is 8.22. The molecular formula is C38H78O12S2. The van der Waals surface area contributed by atoms with Crippen LogP contribution in [-0.2, 0) is 48.7 Å². The molecule has 314 valence electrons. The second-order valence-electron chi connectivity index (χ2n) is 13.9. The van der Waals surface area contributed by atoms with E-state index >= 15 is 0 Å². The Balaban J connectivity index is 4.38. The molecule has 0 amide bonds. The Morgan fingerprint density at radius 3 is 0.923 bits per heavy atom. The number of hydrogen-bond acceptors (Lipinski definition) is 10. The quantitative estimate of drug-likeness (QED) is 0.0450. The summed E-state index contributed by atoms with van der Waals surface area (Å²) in [6.45, 7) is 7.72. The van der Waals surface area contributed by atoms with Gasteiger partial charge in [0.05, 0.1) is 51.1 Å². The van der Waals surface area contributed by atoms with Crippen LogP contribution in [0, 0.1) is 0 Å². The Kier molecular flexibility index (Phi) is 37.2. The third-order valence-corrected chi connectivity index (χ3v) is 10.3. The maximum Gasteiger partial charge on any atom is 0.264 e. The first-order valence-electron chi connectivity index (χ1n) is 20.5. The highest BCUT2D eigenvalue weighted by Crippen LogP contribution is 2.12. The van der Waals surface area contributed by atoms with Crippen LogP contribution in [0.3, 0.4) is 0 Å². The number of hydrogen-bond donors (Lipinski definition) is 2. The Labute approximate surface area is 318 Å². The fourth-order valence-electron chi connectivity index (χ4n) is 5.63. The van der Waals surface area contributed by atoms with Crippen LogP contribution in [0.25, 0.3) is 0 Å². The molecule has 2 N–H and O–H groups in total. The van der Waals surface area contributed by atoms with Gasteiger partial charge in [-0.05, 0) is 25.7 Å². The van der Waals surface area contributed by atoms with Gasteiger partial charge in [0.25, 0.3) is 20.2 Å². The summed E-state index contributed by atoms with van der Waals surface area (Å²) in [5, 5.41) is 0. The molecule has 12 nitrogen and oxygen atoms in total. The molecule has 0 bridgehead atoms. The van der Waals surface area contributed by atoms with E-state index in [1.165, 1.54) is 103 Å². The monoisotopic (exact) mass is 790 g/mol. The summed E-state index contributed by atoms with van der Waals surface area (Å²) >= 11 is 0. The molecule has 0 saturated carbocycles. The fourth-order valence-corrected chi connectivity index (χ4v) is 6.60. The van der Waals surface area contributed by atoms with Gasteiger partial charge in [0.15, 0.2) is 0 Å². The van der Waals surface area contributed by atoms with Crippen LogP contribution >= 0.6 is 0 Å². The van der Waals surface area contributed by atoms with E-state index in [9.17, 15) is 16.8 Å². The van der Waals surface area contributed by atoms with Gasteiger partial charge < -0.3 is 28.4 Å². The molecule has 0 aliphatic heterocycles. The van der Waals surface area contributed by atoms with Gasteiger partial charge >= 0.3 is 0 Å². The van der Waals surface area contributed by atoms with Crippen molar-refractivity contribution in [1.29, 1.82) is 0 Å². The van der Waals surface area contributed by atoms with Crippen molar-refractivity contribution in [2.24, 2.45) is 0 Å². The van der Waals surface area contributed by atoms with Crippen LogP contribution in [0.1, 0.15) is 155 Å². The Morgan fingerprint density at radius 1 is 0.365 bits per heavy atom. The maximum atomic E-state index is 11.1. The molecule has 0 radical (unpaired) electrons. The first-order chi connectivity index (χ1) is 25.1. The van der Waals surface area contributed by atoms with Crippen LogP contribution in [0.15, 0.2) is 0 Å². The predicted molar refractivity (Wildman–Crippen MR) is 209 cm³/mol. The molecule has 2 unspecified atom stereocenters. The van der Waals surface area contributed by atoms with Crippen LogP contribution in [-0.4, -0.2) is 116 Å². The van der Waals surface area contributed by atoms with Gasteiger partial charge in [-0.1, -0.05) is 129 Å². The van der Waals surface area contributed by atoms with Gasteiger partial charge in [-0.25, -0.2) is 0 Å². The Morgan fingerprint density at radius 2 is 0.635 bits per heavy atom. The van der Waals surface area contributed by atoms with Gasteiger partial charge in [0, 0.05) is 26.4 Å². The van der Waals surface area contributed by atoms with Crippen molar-refractivity contribution in [3.63, 3.8) is 0 Å². The van der Waals surface area contributed by atoms with E-state index in [1.807, 2.05) is 0 Å². The minimum absolute atomic E-state index is 0.154. The second kappa shape index (κ2) is 37.5.